The first-order chi connectivity index (χ1) is 8.59. The van der Waals surface area contributed by atoms with Crippen LogP contribution in [0.2, 0.25) is 0 Å². The zero-order valence-corrected chi connectivity index (χ0v) is 12.7. The fourth-order valence-corrected chi connectivity index (χ4v) is 2.08. The first-order valence-corrected chi connectivity index (χ1v) is 6.30. The van der Waals surface area contributed by atoms with Crippen LogP contribution in [0.4, 0.5) is 0 Å². The second-order valence-corrected chi connectivity index (χ2v) is 4.86. The molecule has 0 saturated heterocycles. The van der Waals surface area contributed by atoms with Crippen LogP contribution in [-0.2, 0) is 20.1 Å². The molecule has 19 heavy (non-hydrogen) atoms. The zero-order chi connectivity index (χ0) is 13.1. The molecule has 5 nitrogen and oxygen atoms in total. The third-order valence-corrected chi connectivity index (χ3v) is 3.11. The van der Waals surface area contributed by atoms with E-state index >= 15 is 0 Å². The molecule has 6 heteroatoms. The third-order valence-electron chi connectivity index (χ3n) is 3.11. The predicted molar refractivity (Wildman–Crippen MR) is 78.3 cm³/mol. The normalized spacial score (nSPS) is 10.8. The maximum atomic E-state index is 4.33. The standard InChI is InChI=1S/C13H21N5.ClH/c1-10(2)18-12(5-6-15-18)8-14-9-13-11(3)7-16-17(13)4;/h5-7,10,14H,8-9H2,1-4H3;1H. The van der Waals surface area contributed by atoms with Gasteiger partial charge in [-0.3, -0.25) is 9.36 Å². The van der Waals surface area contributed by atoms with E-state index in [4.69, 9.17) is 0 Å². The highest BCUT2D eigenvalue weighted by molar-refractivity contribution is 5.85. The lowest BCUT2D eigenvalue weighted by Crippen LogP contribution is -2.19. The number of hydrogen-bond donors (Lipinski definition) is 1. The summed E-state index contributed by atoms with van der Waals surface area (Å²) in [7, 11) is 1.97. The van der Waals surface area contributed by atoms with Gasteiger partial charge in [-0.15, -0.1) is 12.4 Å². The first-order valence-electron chi connectivity index (χ1n) is 6.30. The summed E-state index contributed by atoms with van der Waals surface area (Å²) >= 11 is 0. The van der Waals surface area contributed by atoms with Gasteiger partial charge in [-0.05, 0) is 32.4 Å². The molecule has 0 saturated carbocycles. The summed E-state index contributed by atoms with van der Waals surface area (Å²) in [6.45, 7) is 8.01. The van der Waals surface area contributed by atoms with Crippen molar-refractivity contribution in [2.24, 2.45) is 7.05 Å². The van der Waals surface area contributed by atoms with E-state index < -0.39 is 0 Å². The van der Waals surface area contributed by atoms with Crippen LogP contribution < -0.4 is 5.32 Å². The average Bonchev–Trinajstić information content (AvgIpc) is 2.90. The van der Waals surface area contributed by atoms with Crippen molar-refractivity contribution >= 4 is 12.4 Å². The van der Waals surface area contributed by atoms with Gasteiger partial charge in [0, 0.05) is 32.4 Å². The lowest BCUT2D eigenvalue weighted by Gasteiger charge is -2.12. The Balaban J connectivity index is 0.00000180. The van der Waals surface area contributed by atoms with Gasteiger partial charge in [0.2, 0.25) is 0 Å². The molecule has 106 valence electrons. The highest BCUT2D eigenvalue weighted by Crippen LogP contribution is 2.09. The molecule has 0 atom stereocenters. The topological polar surface area (TPSA) is 47.7 Å². The predicted octanol–water partition coefficient (Wildman–Crippen LogP) is 2.22. The first kappa shape index (κ1) is 15.7. The summed E-state index contributed by atoms with van der Waals surface area (Å²) in [5.74, 6) is 0. The molecule has 0 radical (unpaired) electrons. The monoisotopic (exact) mass is 283 g/mol. The van der Waals surface area contributed by atoms with Gasteiger partial charge in [0.15, 0.2) is 0 Å². The summed E-state index contributed by atoms with van der Waals surface area (Å²) in [5, 5.41) is 12.0. The zero-order valence-electron chi connectivity index (χ0n) is 11.9. The van der Waals surface area contributed by atoms with Gasteiger partial charge in [0.1, 0.15) is 0 Å². The second-order valence-electron chi connectivity index (χ2n) is 4.86. The van der Waals surface area contributed by atoms with Crippen molar-refractivity contribution in [3.05, 3.63) is 35.4 Å². The van der Waals surface area contributed by atoms with E-state index in [2.05, 4.69) is 42.4 Å². The summed E-state index contributed by atoms with van der Waals surface area (Å²) in [6.07, 6.45) is 3.75. The maximum absolute atomic E-state index is 4.33. The number of hydrogen-bond acceptors (Lipinski definition) is 3. The molecule has 2 heterocycles. The Bertz CT molecular complexity index is 495. The molecule has 0 fully saturated rings. The van der Waals surface area contributed by atoms with Gasteiger partial charge in [-0.2, -0.15) is 10.2 Å². The van der Waals surface area contributed by atoms with Crippen LogP contribution in [0.5, 0.6) is 0 Å². The molecule has 0 aliphatic heterocycles. The lowest BCUT2D eigenvalue weighted by molar-refractivity contribution is 0.492. The van der Waals surface area contributed by atoms with Crippen molar-refractivity contribution in [3.63, 3.8) is 0 Å². The van der Waals surface area contributed by atoms with Crippen LogP contribution in [0.1, 0.15) is 36.8 Å². The van der Waals surface area contributed by atoms with Gasteiger partial charge in [0.05, 0.1) is 17.6 Å². The van der Waals surface area contributed by atoms with E-state index in [9.17, 15) is 0 Å². The van der Waals surface area contributed by atoms with Crippen molar-refractivity contribution in [1.82, 2.24) is 24.9 Å². The van der Waals surface area contributed by atoms with Crippen molar-refractivity contribution in [3.8, 4) is 0 Å². The molecule has 0 aliphatic rings. The number of aryl methyl sites for hydroxylation is 2. The van der Waals surface area contributed by atoms with E-state index in [-0.39, 0.29) is 12.4 Å². The van der Waals surface area contributed by atoms with Crippen LogP contribution >= 0.6 is 12.4 Å². The van der Waals surface area contributed by atoms with Crippen molar-refractivity contribution in [1.29, 1.82) is 0 Å². The molecule has 0 aliphatic carbocycles. The molecule has 1 N–H and O–H groups in total. The highest BCUT2D eigenvalue weighted by Gasteiger charge is 2.07. The minimum Gasteiger partial charge on any atom is -0.306 e. The molecule has 0 unspecified atom stereocenters. The van der Waals surface area contributed by atoms with Crippen LogP contribution in [0.3, 0.4) is 0 Å². The Morgan fingerprint density at radius 2 is 2.00 bits per heavy atom. The van der Waals surface area contributed by atoms with Gasteiger partial charge < -0.3 is 5.32 Å². The molecule has 0 bridgehead atoms. The smallest absolute Gasteiger partial charge is 0.0547 e. The van der Waals surface area contributed by atoms with E-state index in [1.54, 1.807) is 0 Å². The Labute approximate surface area is 120 Å². The van der Waals surface area contributed by atoms with Gasteiger partial charge in [-0.25, -0.2) is 0 Å². The Morgan fingerprint density at radius 3 is 2.58 bits per heavy atom. The van der Waals surface area contributed by atoms with Crippen LogP contribution in [-0.4, -0.2) is 19.6 Å². The number of rotatable bonds is 5. The van der Waals surface area contributed by atoms with Crippen molar-refractivity contribution < 1.29 is 0 Å². The largest absolute Gasteiger partial charge is 0.306 e. The fraction of sp³-hybridized carbons (Fsp3) is 0.538. The van der Waals surface area contributed by atoms with Gasteiger partial charge in [-0.1, -0.05) is 0 Å². The molecule has 0 amide bonds. The Morgan fingerprint density at radius 1 is 1.26 bits per heavy atom. The van der Waals surface area contributed by atoms with E-state index in [0.29, 0.717) is 6.04 Å². The van der Waals surface area contributed by atoms with Crippen molar-refractivity contribution in [2.45, 2.75) is 39.9 Å². The van der Waals surface area contributed by atoms with Gasteiger partial charge in [0.25, 0.3) is 0 Å². The minimum absolute atomic E-state index is 0. The lowest BCUT2D eigenvalue weighted by atomic mass is 10.2. The van der Waals surface area contributed by atoms with Crippen LogP contribution in [0.25, 0.3) is 0 Å². The number of nitrogens with one attached hydrogen (secondary N) is 1. The Kier molecular flexibility index (Phi) is 5.57. The molecule has 2 aromatic rings. The molecule has 0 spiro atoms. The number of aromatic nitrogens is 4. The fourth-order valence-electron chi connectivity index (χ4n) is 2.08. The minimum atomic E-state index is 0. The third kappa shape index (κ3) is 3.58. The van der Waals surface area contributed by atoms with E-state index in [0.717, 1.165) is 13.1 Å². The van der Waals surface area contributed by atoms with Crippen molar-refractivity contribution in [2.75, 3.05) is 0 Å². The quantitative estimate of drug-likeness (QED) is 0.915. The summed E-state index contributed by atoms with van der Waals surface area (Å²) in [4.78, 5) is 0. The molecule has 2 rings (SSSR count). The summed E-state index contributed by atoms with van der Waals surface area (Å²) in [6, 6.07) is 2.46. The number of halogens is 1. The maximum Gasteiger partial charge on any atom is 0.0547 e. The van der Waals surface area contributed by atoms with Crippen LogP contribution in [0.15, 0.2) is 18.5 Å². The van der Waals surface area contributed by atoms with E-state index in [1.165, 1.54) is 17.0 Å². The van der Waals surface area contributed by atoms with Gasteiger partial charge >= 0.3 is 0 Å². The number of nitrogens with zero attached hydrogens (tertiary/aromatic N) is 4. The molecule has 0 aromatic carbocycles. The van der Waals surface area contributed by atoms with Crippen LogP contribution in [0, 0.1) is 6.92 Å². The summed E-state index contributed by atoms with van der Waals surface area (Å²) in [5.41, 5.74) is 3.66. The second kappa shape index (κ2) is 6.73. The Hall–Kier alpha value is -1.33. The SMILES string of the molecule is Cc1cnn(C)c1CNCc1ccnn1C(C)C.Cl. The highest BCUT2D eigenvalue weighted by atomic mass is 35.5. The summed E-state index contributed by atoms with van der Waals surface area (Å²) < 4.78 is 3.96. The van der Waals surface area contributed by atoms with E-state index in [1.807, 2.05) is 28.8 Å². The molecular formula is C13H22ClN5. The molecular weight excluding hydrogens is 262 g/mol. The molecule has 2 aromatic heterocycles. The average molecular weight is 284 g/mol.